The molecule has 1 aromatic heterocycles. The molecule has 1 aliphatic heterocycles. The van der Waals surface area contributed by atoms with Crippen molar-refractivity contribution >= 4 is 34.4 Å². The Hall–Kier alpha value is -4.45. The van der Waals surface area contributed by atoms with Crippen LogP contribution in [0.1, 0.15) is 57.2 Å². The lowest BCUT2D eigenvalue weighted by molar-refractivity contribution is 0.0502. The number of imidazole rings is 1. The van der Waals surface area contributed by atoms with Crippen molar-refractivity contribution in [1.29, 1.82) is 5.26 Å². The highest BCUT2D eigenvalue weighted by Crippen LogP contribution is 2.25. The summed E-state index contributed by atoms with van der Waals surface area (Å²) in [4.78, 5) is 46.2. The molecule has 0 radical (unpaired) electrons. The number of amides is 2. The van der Waals surface area contributed by atoms with Crippen molar-refractivity contribution in [2.45, 2.75) is 20.3 Å². The van der Waals surface area contributed by atoms with E-state index in [2.05, 4.69) is 9.97 Å². The second-order valence-corrected chi connectivity index (χ2v) is 8.32. The molecule has 0 bridgehead atoms. The molecule has 2 heterocycles. The molecule has 34 heavy (non-hydrogen) atoms. The van der Waals surface area contributed by atoms with Crippen LogP contribution < -0.4 is 0 Å². The molecule has 0 aliphatic carbocycles. The lowest BCUT2D eigenvalue weighted by atomic mass is 10.1. The van der Waals surface area contributed by atoms with Gasteiger partial charge in [-0.15, -0.1) is 0 Å². The standard InChI is InChI=1S/C25H22N4O5/c1-14(2)9-10-29-23(31)16-8-7-15(11-17(16)24(29)32)25(33)34-13-21(30)18(12-26)22-27-19-5-3-4-6-20(19)28-22/h3-8,11,14,30H,9-10,13H2,1-2H3,(H,27,28). The van der Waals surface area contributed by atoms with Gasteiger partial charge in [0.15, 0.2) is 11.6 Å². The summed E-state index contributed by atoms with van der Waals surface area (Å²) in [6.45, 7) is 3.74. The number of aromatic nitrogens is 2. The van der Waals surface area contributed by atoms with E-state index in [0.29, 0.717) is 29.9 Å². The first-order chi connectivity index (χ1) is 16.3. The average Bonchev–Trinajstić information content (AvgIpc) is 3.35. The maximum atomic E-state index is 12.7. The molecule has 4 rings (SSSR count). The van der Waals surface area contributed by atoms with E-state index in [-0.39, 0.29) is 34.0 Å². The van der Waals surface area contributed by atoms with E-state index in [4.69, 9.17) is 4.74 Å². The molecule has 2 aromatic carbocycles. The Balaban J connectivity index is 1.49. The number of nitrogens with one attached hydrogen (secondary N) is 1. The third kappa shape index (κ3) is 4.26. The SMILES string of the molecule is CC(C)CCN1C(=O)c2ccc(C(=O)OCC(O)=C(C#N)c3nc4ccccc4[nH]3)cc2C1=O. The fourth-order valence-corrected chi connectivity index (χ4v) is 3.62. The van der Waals surface area contributed by atoms with Gasteiger partial charge in [0.05, 0.1) is 27.7 Å². The molecule has 172 valence electrons. The quantitative estimate of drug-likeness (QED) is 0.237. The highest BCUT2D eigenvalue weighted by atomic mass is 16.5. The van der Waals surface area contributed by atoms with Gasteiger partial charge in [-0.1, -0.05) is 26.0 Å². The smallest absolute Gasteiger partial charge is 0.338 e. The summed E-state index contributed by atoms with van der Waals surface area (Å²) >= 11 is 0. The maximum absolute atomic E-state index is 12.7. The fraction of sp³-hybridized carbons (Fsp3) is 0.240. The van der Waals surface area contributed by atoms with Crippen molar-refractivity contribution < 1.29 is 24.2 Å². The number of carbonyl (C=O) groups excluding carboxylic acids is 3. The minimum Gasteiger partial charge on any atom is -0.507 e. The Morgan fingerprint density at radius 1 is 1.18 bits per heavy atom. The van der Waals surface area contributed by atoms with Crippen molar-refractivity contribution in [3.63, 3.8) is 0 Å². The third-order valence-electron chi connectivity index (χ3n) is 5.50. The van der Waals surface area contributed by atoms with Gasteiger partial charge in [0, 0.05) is 6.54 Å². The summed E-state index contributed by atoms with van der Waals surface area (Å²) in [7, 11) is 0. The zero-order chi connectivity index (χ0) is 24.4. The molecule has 9 nitrogen and oxygen atoms in total. The van der Waals surface area contributed by atoms with Crippen LogP contribution in [0, 0.1) is 17.2 Å². The Morgan fingerprint density at radius 3 is 2.62 bits per heavy atom. The predicted molar refractivity (Wildman–Crippen MR) is 123 cm³/mol. The number of aliphatic hydroxyl groups excluding tert-OH is 1. The molecule has 0 fully saturated rings. The van der Waals surface area contributed by atoms with Crippen molar-refractivity contribution in [3.8, 4) is 6.07 Å². The minimum atomic E-state index is -0.808. The highest BCUT2D eigenvalue weighted by molar-refractivity contribution is 6.22. The number of H-pyrrole nitrogens is 1. The van der Waals surface area contributed by atoms with Crippen molar-refractivity contribution in [1.82, 2.24) is 14.9 Å². The molecule has 0 unspecified atom stereocenters. The van der Waals surface area contributed by atoms with Crippen molar-refractivity contribution in [2.24, 2.45) is 5.92 Å². The predicted octanol–water partition coefficient (Wildman–Crippen LogP) is 3.85. The van der Waals surface area contributed by atoms with Gasteiger partial charge in [-0.3, -0.25) is 14.5 Å². The molecule has 0 saturated carbocycles. The van der Waals surface area contributed by atoms with E-state index >= 15 is 0 Å². The first-order valence-electron chi connectivity index (χ1n) is 10.7. The van der Waals surface area contributed by atoms with Gasteiger partial charge in [0.2, 0.25) is 0 Å². The molecule has 2 amide bonds. The van der Waals surface area contributed by atoms with Crippen molar-refractivity contribution in [3.05, 3.63) is 70.7 Å². The number of para-hydroxylation sites is 2. The summed E-state index contributed by atoms with van der Waals surface area (Å²) in [6.07, 6.45) is 0.679. The number of carbonyl (C=O) groups is 3. The molecular weight excluding hydrogens is 436 g/mol. The normalized spacial score (nSPS) is 13.8. The van der Waals surface area contributed by atoms with Gasteiger partial charge in [0.1, 0.15) is 18.2 Å². The second-order valence-electron chi connectivity index (χ2n) is 8.32. The number of imide groups is 1. The monoisotopic (exact) mass is 458 g/mol. The largest absolute Gasteiger partial charge is 0.507 e. The number of aliphatic hydroxyl groups is 1. The lowest BCUT2D eigenvalue weighted by Gasteiger charge is -2.14. The first-order valence-corrected chi connectivity index (χ1v) is 10.7. The number of allylic oxidation sites excluding steroid dienone is 1. The molecule has 1 aliphatic rings. The summed E-state index contributed by atoms with van der Waals surface area (Å²) in [6, 6.07) is 13.1. The van der Waals surface area contributed by atoms with Gasteiger partial charge in [-0.25, -0.2) is 9.78 Å². The van der Waals surface area contributed by atoms with Gasteiger partial charge in [-0.2, -0.15) is 5.26 Å². The average molecular weight is 458 g/mol. The van der Waals surface area contributed by atoms with Crippen LogP contribution in [0.5, 0.6) is 0 Å². The first kappa shape index (κ1) is 22.7. The van der Waals surface area contributed by atoms with Crippen LogP contribution in [0.25, 0.3) is 16.6 Å². The Morgan fingerprint density at radius 2 is 1.91 bits per heavy atom. The second kappa shape index (κ2) is 9.19. The third-order valence-corrected chi connectivity index (χ3v) is 5.50. The van der Waals surface area contributed by atoms with Crippen LogP contribution in [0.4, 0.5) is 0 Å². The van der Waals surface area contributed by atoms with Crippen LogP contribution in [0.3, 0.4) is 0 Å². The number of nitriles is 1. The summed E-state index contributed by atoms with van der Waals surface area (Å²) in [5.41, 5.74) is 1.59. The van der Waals surface area contributed by atoms with E-state index in [0.717, 1.165) is 0 Å². The Labute approximate surface area is 195 Å². The number of ether oxygens (including phenoxy) is 1. The molecule has 0 spiro atoms. The molecule has 9 heteroatoms. The molecular formula is C25H22N4O5. The van der Waals surface area contributed by atoms with Crippen LogP contribution in [0.15, 0.2) is 48.2 Å². The number of fused-ring (bicyclic) bond motifs is 2. The fourth-order valence-electron chi connectivity index (χ4n) is 3.62. The number of esters is 1. The van der Waals surface area contributed by atoms with Gasteiger partial charge in [0.25, 0.3) is 11.8 Å². The van der Waals surface area contributed by atoms with E-state index < -0.39 is 24.2 Å². The maximum Gasteiger partial charge on any atom is 0.338 e. The number of benzene rings is 2. The molecule has 0 saturated heterocycles. The number of nitrogens with zero attached hydrogens (tertiary/aromatic N) is 3. The topological polar surface area (TPSA) is 136 Å². The zero-order valence-electron chi connectivity index (χ0n) is 18.7. The van der Waals surface area contributed by atoms with Crippen molar-refractivity contribution in [2.75, 3.05) is 13.2 Å². The lowest BCUT2D eigenvalue weighted by Crippen LogP contribution is -2.31. The Kier molecular flexibility index (Phi) is 6.15. The number of hydrogen-bond acceptors (Lipinski definition) is 7. The molecule has 0 atom stereocenters. The van der Waals surface area contributed by atoms with E-state index in [1.165, 1.54) is 23.1 Å². The van der Waals surface area contributed by atoms with Crippen LogP contribution in [-0.4, -0.2) is 50.9 Å². The van der Waals surface area contributed by atoms with Crippen LogP contribution in [0.2, 0.25) is 0 Å². The van der Waals surface area contributed by atoms with Crippen LogP contribution >= 0.6 is 0 Å². The number of rotatable bonds is 7. The summed E-state index contributed by atoms with van der Waals surface area (Å²) in [5.74, 6) is -1.63. The van der Waals surface area contributed by atoms with Gasteiger partial charge in [-0.05, 0) is 42.7 Å². The van der Waals surface area contributed by atoms with Gasteiger partial charge < -0.3 is 14.8 Å². The van der Waals surface area contributed by atoms with Gasteiger partial charge >= 0.3 is 5.97 Å². The van der Waals surface area contributed by atoms with E-state index in [9.17, 15) is 24.8 Å². The highest BCUT2D eigenvalue weighted by Gasteiger charge is 2.35. The number of aromatic amines is 1. The van der Waals surface area contributed by atoms with E-state index in [1.54, 1.807) is 24.3 Å². The minimum absolute atomic E-state index is 0.0562. The Bertz CT molecular complexity index is 1350. The van der Waals surface area contributed by atoms with Crippen LogP contribution in [-0.2, 0) is 4.74 Å². The molecule has 3 aromatic rings. The summed E-state index contributed by atoms with van der Waals surface area (Å²) < 4.78 is 5.15. The number of hydrogen-bond donors (Lipinski definition) is 2. The molecule has 2 N–H and O–H groups in total. The summed E-state index contributed by atoms with van der Waals surface area (Å²) in [5, 5.41) is 19.8. The zero-order valence-corrected chi connectivity index (χ0v) is 18.7. The van der Waals surface area contributed by atoms with E-state index in [1.807, 2.05) is 19.9 Å².